The molecule has 0 bridgehead atoms. The maximum Gasteiger partial charge on any atom is 0.126 e. The number of phenols is 1. The third-order valence-corrected chi connectivity index (χ3v) is 3.71. The molecule has 3 nitrogen and oxygen atoms in total. The number of anilines is 1. The topological polar surface area (TPSA) is 41.5 Å². The maximum atomic E-state index is 9.83. The van der Waals surface area contributed by atoms with Gasteiger partial charge in [-0.1, -0.05) is 23.7 Å². The van der Waals surface area contributed by atoms with Crippen molar-refractivity contribution >= 4 is 17.3 Å². The molecule has 0 radical (unpaired) electrons. The van der Waals surface area contributed by atoms with Gasteiger partial charge in [0.2, 0.25) is 0 Å². The van der Waals surface area contributed by atoms with E-state index in [-0.39, 0.29) is 5.75 Å². The van der Waals surface area contributed by atoms with E-state index in [0.717, 1.165) is 22.6 Å². The van der Waals surface area contributed by atoms with Gasteiger partial charge in [-0.2, -0.15) is 0 Å². The normalized spacial score (nSPS) is 10.4. The lowest BCUT2D eigenvalue weighted by atomic mass is 10.1. The van der Waals surface area contributed by atoms with Crippen LogP contribution >= 0.6 is 11.6 Å². The second-order valence-electron chi connectivity index (χ2n) is 4.68. The van der Waals surface area contributed by atoms with Gasteiger partial charge in [0.25, 0.3) is 0 Å². The Balaban J connectivity index is 2.24. The standard InChI is InChI=1S/C16H18ClNO2/c1-10-7-8-14(11(2)16(10)20-3)18-9-12-13(17)5-4-6-15(12)19/h4-8,18-19H,9H2,1-3H3. The first-order valence-corrected chi connectivity index (χ1v) is 6.76. The minimum absolute atomic E-state index is 0.196. The summed E-state index contributed by atoms with van der Waals surface area (Å²) in [6.07, 6.45) is 0. The van der Waals surface area contributed by atoms with Crippen LogP contribution in [-0.2, 0) is 6.54 Å². The third-order valence-electron chi connectivity index (χ3n) is 3.36. The second kappa shape index (κ2) is 6.06. The van der Waals surface area contributed by atoms with Gasteiger partial charge in [0.15, 0.2) is 0 Å². The first-order chi connectivity index (χ1) is 9.54. The number of benzene rings is 2. The van der Waals surface area contributed by atoms with E-state index in [0.29, 0.717) is 17.1 Å². The summed E-state index contributed by atoms with van der Waals surface area (Å²) in [5.41, 5.74) is 3.79. The predicted molar refractivity (Wildman–Crippen MR) is 82.9 cm³/mol. The van der Waals surface area contributed by atoms with Gasteiger partial charge in [-0.15, -0.1) is 0 Å². The van der Waals surface area contributed by atoms with E-state index in [9.17, 15) is 5.11 Å². The van der Waals surface area contributed by atoms with Gasteiger partial charge >= 0.3 is 0 Å². The first kappa shape index (κ1) is 14.5. The van der Waals surface area contributed by atoms with Crippen LogP contribution in [0.15, 0.2) is 30.3 Å². The summed E-state index contributed by atoms with van der Waals surface area (Å²) in [6.45, 7) is 4.47. The van der Waals surface area contributed by atoms with Gasteiger partial charge in [0.1, 0.15) is 11.5 Å². The average Bonchev–Trinajstić information content (AvgIpc) is 2.41. The zero-order valence-corrected chi connectivity index (χ0v) is 12.6. The molecular weight excluding hydrogens is 274 g/mol. The van der Waals surface area contributed by atoms with Crippen molar-refractivity contribution in [3.8, 4) is 11.5 Å². The molecule has 2 aromatic carbocycles. The van der Waals surface area contributed by atoms with Crippen molar-refractivity contribution in [2.75, 3.05) is 12.4 Å². The zero-order valence-electron chi connectivity index (χ0n) is 11.8. The van der Waals surface area contributed by atoms with Crippen LogP contribution < -0.4 is 10.1 Å². The van der Waals surface area contributed by atoms with Crippen molar-refractivity contribution in [2.45, 2.75) is 20.4 Å². The highest BCUT2D eigenvalue weighted by Gasteiger charge is 2.10. The molecule has 106 valence electrons. The number of hydrogen-bond donors (Lipinski definition) is 2. The van der Waals surface area contributed by atoms with E-state index in [1.807, 2.05) is 26.0 Å². The largest absolute Gasteiger partial charge is 0.508 e. The lowest BCUT2D eigenvalue weighted by Gasteiger charge is -2.15. The number of aromatic hydroxyl groups is 1. The number of hydrogen-bond acceptors (Lipinski definition) is 3. The van der Waals surface area contributed by atoms with E-state index in [4.69, 9.17) is 16.3 Å². The van der Waals surface area contributed by atoms with Crippen LogP contribution in [0.1, 0.15) is 16.7 Å². The summed E-state index contributed by atoms with van der Waals surface area (Å²) in [6, 6.07) is 9.12. The molecule has 2 N–H and O–H groups in total. The van der Waals surface area contributed by atoms with Crippen molar-refractivity contribution in [3.05, 3.63) is 52.0 Å². The molecule has 2 rings (SSSR count). The fourth-order valence-electron chi connectivity index (χ4n) is 2.24. The highest BCUT2D eigenvalue weighted by atomic mass is 35.5. The molecule has 0 unspecified atom stereocenters. The number of aryl methyl sites for hydroxylation is 1. The minimum atomic E-state index is 0.196. The van der Waals surface area contributed by atoms with Gasteiger partial charge in [-0.3, -0.25) is 0 Å². The minimum Gasteiger partial charge on any atom is -0.508 e. The third kappa shape index (κ3) is 2.83. The Morgan fingerprint density at radius 2 is 1.95 bits per heavy atom. The molecule has 4 heteroatoms. The molecule has 0 aliphatic rings. The Hall–Kier alpha value is -1.87. The lowest BCUT2D eigenvalue weighted by Crippen LogP contribution is -2.03. The van der Waals surface area contributed by atoms with Crippen molar-refractivity contribution in [2.24, 2.45) is 0 Å². The molecule has 0 fully saturated rings. The van der Waals surface area contributed by atoms with Crippen LogP contribution in [0.5, 0.6) is 11.5 Å². The Bertz CT molecular complexity index is 606. The van der Waals surface area contributed by atoms with Crippen LogP contribution in [-0.4, -0.2) is 12.2 Å². The molecule has 0 amide bonds. The fourth-order valence-corrected chi connectivity index (χ4v) is 2.47. The van der Waals surface area contributed by atoms with Gasteiger partial charge < -0.3 is 15.2 Å². The van der Waals surface area contributed by atoms with Crippen molar-refractivity contribution in [3.63, 3.8) is 0 Å². The highest BCUT2D eigenvalue weighted by molar-refractivity contribution is 6.31. The maximum absolute atomic E-state index is 9.83. The molecule has 0 spiro atoms. The summed E-state index contributed by atoms with van der Waals surface area (Å²) in [5, 5.41) is 13.7. The number of methoxy groups -OCH3 is 1. The Kier molecular flexibility index (Phi) is 4.40. The molecule has 0 aromatic heterocycles. The smallest absolute Gasteiger partial charge is 0.126 e. The molecule has 0 atom stereocenters. The van der Waals surface area contributed by atoms with Crippen LogP contribution in [0.4, 0.5) is 5.69 Å². The second-order valence-corrected chi connectivity index (χ2v) is 5.09. The van der Waals surface area contributed by atoms with Crippen LogP contribution in [0.3, 0.4) is 0 Å². The summed E-state index contributed by atoms with van der Waals surface area (Å²) in [5.74, 6) is 1.07. The Labute approximate surface area is 124 Å². The van der Waals surface area contributed by atoms with Gasteiger partial charge in [0.05, 0.1) is 7.11 Å². The molecule has 0 saturated heterocycles. The van der Waals surface area contributed by atoms with Gasteiger partial charge in [-0.25, -0.2) is 0 Å². The summed E-state index contributed by atoms with van der Waals surface area (Å²) in [7, 11) is 1.67. The Morgan fingerprint density at radius 1 is 1.20 bits per heavy atom. The summed E-state index contributed by atoms with van der Waals surface area (Å²) >= 11 is 6.09. The Morgan fingerprint density at radius 3 is 2.60 bits per heavy atom. The van der Waals surface area contributed by atoms with E-state index >= 15 is 0 Å². The fraction of sp³-hybridized carbons (Fsp3) is 0.250. The summed E-state index contributed by atoms with van der Waals surface area (Å²) < 4.78 is 5.40. The van der Waals surface area contributed by atoms with Gasteiger partial charge in [0, 0.05) is 28.4 Å². The molecule has 0 aliphatic carbocycles. The zero-order chi connectivity index (χ0) is 14.7. The number of ether oxygens (including phenoxy) is 1. The lowest BCUT2D eigenvalue weighted by molar-refractivity contribution is 0.409. The van der Waals surface area contributed by atoms with E-state index in [1.165, 1.54) is 0 Å². The number of nitrogens with one attached hydrogen (secondary N) is 1. The quantitative estimate of drug-likeness (QED) is 0.883. The number of halogens is 1. The first-order valence-electron chi connectivity index (χ1n) is 6.39. The van der Waals surface area contributed by atoms with Crippen LogP contribution in [0.25, 0.3) is 0 Å². The monoisotopic (exact) mass is 291 g/mol. The summed E-state index contributed by atoms with van der Waals surface area (Å²) in [4.78, 5) is 0. The average molecular weight is 292 g/mol. The van der Waals surface area contributed by atoms with Crippen molar-refractivity contribution in [1.29, 1.82) is 0 Å². The van der Waals surface area contributed by atoms with Crippen LogP contribution in [0.2, 0.25) is 5.02 Å². The van der Waals surface area contributed by atoms with E-state index in [2.05, 4.69) is 5.32 Å². The molecule has 2 aromatic rings. The molecule has 0 saturated carbocycles. The van der Waals surface area contributed by atoms with Crippen molar-refractivity contribution in [1.82, 2.24) is 0 Å². The van der Waals surface area contributed by atoms with E-state index in [1.54, 1.807) is 25.3 Å². The SMILES string of the molecule is COc1c(C)ccc(NCc2c(O)cccc2Cl)c1C. The molecule has 20 heavy (non-hydrogen) atoms. The molecule has 0 heterocycles. The van der Waals surface area contributed by atoms with Crippen molar-refractivity contribution < 1.29 is 9.84 Å². The predicted octanol–water partition coefficient (Wildman–Crippen LogP) is 4.28. The number of phenolic OH excluding ortho intramolecular Hbond substituents is 1. The van der Waals surface area contributed by atoms with Crippen LogP contribution in [0, 0.1) is 13.8 Å². The van der Waals surface area contributed by atoms with Gasteiger partial charge in [-0.05, 0) is 37.6 Å². The highest BCUT2D eigenvalue weighted by Crippen LogP contribution is 2.31. The molecular formula is C16H18ClNO2. The molecule has 0 aliphatic heterocycles. The van der Waals surface area contributed by atoms with E-state index < -0.39 is 0 Å². The number of rotatable bonds is 4.